The van der Waals surface area contributed by atoms with Crippen LogP contribution in [0, 0.1) is 0 Å². The average Bonchev–Trinajstić information content (AvgIpc) is 3.51. The Hall–Kier alpha value is -4.41. The predicted octanol–water partition coefficient (Wildman–Crippen LogP) is -2.44. The Morgan fingerprint density at radius 1 is 1.27 bits per heavy atom. The first-order valence-electron chi connectivity index (χ1n) is 11.2. The lowest BCUT2D eigenvalue weighted by atomic mass is 10.1. The summed E-state index contributed by atoms with van der Waals surface area (Å²) in [5.41, 5.74) is 15.8. The minimum absolute atomic E-state index is 0.0150. The Kier molecular flexibility index (Phi) is 8.37. The molecule has 3 aliphatic heterocycles. The maximum atomic E-state index is 12.1. The van der Waals surface area contributed by atoms with Gasteiger partial charge in [-0.2, -0.15) is 4.98 Å². The summed E-state index contributed by atoms with van der Waals surface area (Å²) >= 11 is 3.95. The Bertz CT molecular complexity index is 1530. The predicted molar refractivity (Wildman–Crippen MR) is 144 cm³/mol. The first-order valence-corrected chi connectivity index (χ1v) is 14.1. The van der Waals surface area contributed by atoms with Crippen LogP contribution in [0.1, 0.15) is 6.42 Å². The molecular weight excluding hydrogens is 604 g/mol. The highest BCUT2D eigenvalue weighted by Gasteiger charge is 2.51. The van der Waals surface area contributed by atoms with Crippen LogP contribution in [0.5, 0.6) is 0 Å². The molecule has 1 unspecified atom stereocenters. The zero-order valence-corrected chi connectivity index (χ0v) is 23.4. The van der Waals surface area contributed by atoms with Crippen molar-refractivity contribution in [1.29, 1.82) is 0 Å². The number of quaternary nitrogens is 1. The van der Waals surface area contributed by atoms with E-state index >= 15 is 0 Å². The number of β-lactam (4-membered cyclic amide) rings is 1. The first kappa shape index (κ1) is 29.6. The van der Waals surface area contributed by atoms with Crippen LogP contribution in [-0.2, 0) is 31.0 Å². The third-order valence-corrected chi connectivity index (χ3v) is 8.68. The number of urea groups is 1. The third kappa shape index (κ3) is 5.89. The van der Waals surface area contributed by atoms with Gasteiger partial charge in [-0.3, -0.25) is 24.1 Å². The number of tetrazole rings is 1. The number of carbonyl (C=O) groups is 6. The van der Waals surface area contributed by atoms with Gasteiger partial charge in [-0.05, 0) is 16.0 Å². The lowest BCUT2D eigenvalue weighted by Crippen LogP contribution is -2.65. The zero-order valence-electron chi connectivity index (χ0n) is 20.9. The van der Waals surface area contributed by atoms with Crippen LogP contribution in [0.3, 0.4) is 0 Å². The number of nitrogens with one attached hydrogen (secondary N) is 1. The molecule has 5 heterocycles. The van der Waals surface area contributed by atoms with Crippen molar-refractivity contribution in [1.82, 2.24) is 40.0 Å². The number of thiazole rings is 1. The number of primary amides is 2. The van der Waals surface area contributed by atoms with E-state index in [4.69, 9.17) is 17.2 Å². The van der Waals surface area contributed by atoms with Gasteiger partial charge in [0, 0.05) is 18.6 Å². The van der Waals surface area contributed by atoms with Crippen molar-refractivity contribution in [3.63, 3.8) is 0 Å². The van der Waals surface area contributed by atoms with E-state index in [-0.39, 0.29) is 27.9 Å². The monoisotopic (exact) mass is 625 g/mol. The topological polar surface area (TPSA) is 285 Å². The van der Waals surface area contributed by atoms with Crippen LogP contribution >= 0.6 is 34.9 Å². The standard InChI is InChI=1S/C10H11N5O3S2.C9H9N7O4S/c1-14-10(11-12-13-14)20-4-5-3-19-7-2-6(16)15(7)8(5)9(17)18;10-3(17)1-16(4-2-21-8(12)13-4)9(20)14-7(19)5(15-16)6(11)18/h7H,2-4H2,1H3,(H,17,18);2H,1H2,(H6-,10,11,12,13,14,17,18,19,20)/p+1/t7-;/m0./s1. The lowest BCUT2D eigenvalue weighted by molar-refractivity contribution is -0.146. The maximum Gasteiger partial charge on any atom is 0.457 e. The minimum Gasteiger partial charge on any atom is -0.477 e. The van der Waals surface area contributed by atoms with Crippen molar-refractivity contribution in [3.05, 3.63) is 16.7 Å². The number of nitrogen functional groups attached to an aromatic ring is 1. The summed E-state index contributed by atoms with van der Waals surface area (Å²) in [4.78, 5) is 74.4. The summed E-state index contributed by atoms with van der Waals surface area (Å²) in [6.07, 6.45) is 0.426. The molecule has 216 valence electrons. The number of nitrogens with zero attached hydrogens (tertiary/aromatic N) is 8. The summed E-state index contributed by atoms with van der Waals surface area (Å²) < 4.78 is 0.395. The van der Waals surface area contributed by atoms with Gasteiger partial charge in [-0.15, -0.1) is 16.9 Å². The van der Waals surface area contributed by atoms with Crippen LogP contribution < -0.4 is 27.1 Å². The van der Waals surface area contributed by atoms with Gasteiger partial charge in [-0.1, -0.05) is 32.8 Å². The van der Waals surface area contributed by atoms with Crippen molar-refractivity contribution >= 4 is 87.2 Å². The Labute approximate surface area is 241 Å². The smallest absolute Gasteiger partial charge is 0.457 e. The molecule has 0 aliphatic carbocycles. The van der Waals surface area contributed by atoms with Gasteiger partial charge in [0.15, 0.2) is 11.7 Å². The zero-order chi connectivity index (χ0) is 30.1. The minimum atomic E-state index is -1.16. The van der Waals surface area contributed by atoms with E-state index in [1.807, 2.05) is 5.32 Å². The van der Waals surface area contributed by atoms with Crippen molar-refractivity contribution < 1.29 is 33.9 Å². The number of aliphatic carboxylic acids is 1. The van der Waals surface area contributed by atoms with Gasteiger partial charge in [-0.25, -0.2) is 19.6 Å². The van der Waals surface area contributed by atoms with Crippen molar-refractivity contribution in [2.24, 2.45) is 23.6 Å². The van der Waals surface area contributed by atoms with E-state index in [1.165, 1.54) is 26.7 Å². The number of carbonyl (C=O) groups excluding carboxylic acids is 5. The van der Waals surface area contributed by atoms with Crippen LogP contribution in [0.2, 0.25) is 0 Å². The van der Waals surface area contributed by atoms with Gasteiger partial charge >= 0.3 is 12.0 Å². The fourth-order valence-electron chi connectivity index (χ4n) is 3.77. The fraction of sp³-hybridized carbons (Fsp3) is 0.316. The number of anilines is 1. The number of carboxylic acid groups (broad SMARTS) is 1. The van der Waals surface area contributed by atoms with E-state index in [2.05, 4.69) is 25.6 Å². The number of hydrogen-bond acceptors (Lipinski definition) is 15. The number of rotatable bonds is 8. The highest BCUT2D eigenvalue weighted by Crippen LogP contribution is 2.41. The molecule has 19 nitrogen and oxygen atoms in total. The Balaban J connectivity index is 0.000000189. The molecule has 8 N–H and O–H groups in total. The number of aryl methyl sites for hydroxylation is 1. The largest absolute Gasteiger partial charge is 0.477 e. The van der Waals surface area contributed by atoms with E-state index in [0.29, 0.717) is 23.1 Å². The summed E-state index contributed by atoms with van der Waals surface area (Å²) in [7, 11) is 1.72. The van der Waals surface area contributed by atoms with Crippen LogP contribution in [0.4, 0.5) is 15.7 Å². The maximum absolute atomic E-state index is 12.1. The van der Waals surface area contributed by atoms with Gasteiger partial charge in [0.2, 0.25) is 16.8 Å². The number of aromatic nitrogens is 5. The van der Waals surface area contributed by atoms with Gasteiger partial charge in [0.25, 0.3) is 23.5 Å². The van der Waals surface area contributed by atoms with E-state index in [9.17, 15) is 33.9 Å². The summed E-state index contributed by atoms with van der Waals surface area (Å²) in [5.74, 6) is -3.27. The molecule has 5 rings (SSSR count). The Morgan fingerprint density at radius 2 is 2.00 bits per heavy atom. The number of carboxylic acids is 1. The molecule has 6 amide bonds. The molecule has 41 heavy (non-hydrogen) atoms. The molecule has 0 aromatic carbocycles. The van der Waals surface area contributed by atoms with E-state index in [1.54, 1.807) is 18.8 Å². The second-order valence-electron chi connectivity index (χ2n) is 8.37. The molecule has 0 radical (unpaired) electrons. The van der Waals surface area contributed by atoms with Gasteiger partial charge < -0.3 is 22.3 Å². The Morgan fingerprint density at radius 3 is 2.54 bits per heavy atom. The molecule has 1 fully saturated rings. The summed E-state index contributed by atoms with van der Waals surface area (Å²) in [5, 5.41) is 28.1. The third-order valence-electron chi connectivity index (χ3n) is 5.64. The van der Waals surface area contributed by atoms with Crippen LogP contribution in [0.15, 0.2) is 26.9 Å². The second-order valence-corrected chi connectivity index (χ2v) is 11.4. The molecule has 0 spiro atoms. The molecule has 2 atom stereocenters. The number of nitrogens with two attached hydrogens (primary N) is 3. The second kappa shape index (κ2) is 11.6. The molecular formula is C19H21N12O7S3+. The highest BCUT2D eigenvalue weighted by molar-refractivity contribution is 8.00. The number of imide groups is 1. The lowest BCUT2D eigenvalue weighted by Gasteiger charge is -2.43. The van der Waals surface area contributed by atoms with Crippen molar-refractivity contribution in [2.75, 3.05) is 23.8 Å². The first-order chi connectivity index (χ1) is 19.3. The summed E-state index contributed by atoms with van der Waals surface area (Å²) in [6.45, 7) is -0.654. The molecule has 0 bridgehead atoms. The number of thioether (sulfide) groups is 2. The van der Waals surface area contributed by atoms with Crippen LogP contribution in [0.25, 0.3) is 0 Å². The van der Waals surface area contributed by atoms with Gasteiger partial charge in [0.1, 0.15) is 5.70 Å². The van der Waals surface area contributed by atoms with Crippen molar-refractivity contribution in [3.8, 4) is 0 Å². The normalized spacial score (nSPS) is 21.7. The van der Waals surface area contributed by atoms with Crippen molar-refractivity contribution in [2.45, 2.75) is 17.0 Å². The fourth-order valence-corrected chi connectivity index (χ4v) is 6.63. The number of hydrogen-bond donors (Lipinski definition) is 5. The van der Waals surface area contributed by atoms with Gasteiger partial charge in [0.05, 0.1) is 17.2 Å². The van der Waals surface area contributed by atoms with Crippen LogP contribution in [-0.4, -0.2) is 100.0 Å². The molecule has 1 saturated heterocycles. The highest BCUT2D eigenvalue weighted by atomic mass is 32.2. The average molecular weight is 626 g/mol. The molecule has 22 heteroatoms. The van der Waals surface area contributed by atoms with E-state index < -0.39 is 46.6 Å². The number of fused-ring (bicyclic) bond motifs is 1. The quantitative estimate of drug-likeness (QED) is 0.116. The SMILES string of the molecule is Cn1nnnc1SCC1=C(C(=O)O)N2C(=O)C[C@@H]2SC1.NC(=O)C[N+]1(c2csc(N)n2)N=C(C(N)=O)C(=O)NC1=O. The number of amides is 6. The molecule has 2 aromatic rings. The van der Waals surface area contributed by atoms with E-state index in [0.717, 1.165) is 16.9 Å². The molecule has 3 aliphatic rings. The molecule has 0 saturated carbocycles. The summed E-state index contributed by atoms with van der Waals surface area (Å²) in [6, 6.07) is -0.992. The molecule has 2 aromatic heterocycles.